The van der Waals surface area contributed by atoms with E-state index in [1.54, 1.807) is 6.20 Å². The lowest BCUT2D eigenvalue weighted by Crippen LogP contribution is -2.43. The number of anilines is 1. The SMILES string of the molecule is C=CN(C(=C)/N=C1\C(=C/C)C(C)CC=C(C)N1C1CCOCC1)c1cc(C#N)ccc1C. The first-order valence-corrected chi connectivity index (χ1v) is 11.3. The first-order chi connectivity index (χ1) is 15.4. The molecule has 1 saturated heterocycles. The smallest absolute Gasteiger partial charge is 0.138 e. The molecule has 0 bridgehead atoms. The van der Waals surface area contributed by atoms with Gasteiger partial charge in [-0.25, -0.2) is 4.99 Å². The summed E-state index contributed by atoms with van der Waals surface area (Å²) in [6, 6.07) is 8.18. The number of aryl methyl sites for hydroxylation is 1. The van der Waals surface area contributed by atoms with Gasteiger partial charge in [0.25, 0.3) is 0 Å². The topological polar surface area (TPSA) is 51.9 Å². The van der Waals surface area contributed by atoms with Crippen molar-refractivity contribution in [2.24, 2.45) is 10.9 Å². The Hall–Kier alpha value is -3.10. The molecule has 168 valence electrons. The zero-order valence-electron chi connectivity index (χ0n) is 19.8. The van der Waals surface area contributed by atoms with Crippen LogP contribution in [0, 0.1) is 24.2 Å². The minimum absolute atomic E-state index is 0.340. The van der Waals surface area contributed by atoms with Gasteiger partial charge in [-0.1, -0.05) is 38.3 Å². The summed E-state index contributed by atoms with van der Waals surface area (Å²) in [4.78, 5) is 9.37. The van der Waals surface area contributed by atoms with E-state index in [1.807, 2.05) is 30.0 Å². The predicted octanol–water partition coefficient (Wildman–Crippen LogP) is 6.06. The van der Waals surface area contributed by atoms with E-state index >= 15 is 0 Å². The van der Waals surface area contributed by atoms with Gasteiger partial charge in [0.2, 0.25) is 0 Å². The molecular weight excluding hydrogens is 396 g/mol. The molecule has 5 heteroatoms. The molecule has 0 amide bonds. The molecule has 1 fully saturated rings. The van der Waals surface area contributed by atoms with E-state index in [9.17, 15) is 5.26 Å². The first-order valence-electron chi connectivity index (χ1n) is 11.3. The van der Waals surface area contributed by atoms with Gasteiger partial charge in [-0.15, -0.1) is 0 Å². The molecule has 1 aromatic rings. The molecule has 0 aliphatic carbocycles. The minimum Gasteiger partial charge on any atom is -0.381 e. The highest BCUT2D eigenvalue weighted by Gasteiger charge is 2.31. The molecule has 0 saturated carbocycles. The van der Waals surface area contributed by atoms with Gasteiger partial charge in [-0.2, -0.15) is 5.26 Å². The van der Waals surface area contributed by atoms with Gasteiger partial charge >= 0.3 is 0 Å². The van der Waals surface area contributed by atoms with Crippen LogP contribution in [0.25, 0.3) is 0 Å². The predicted molar refractivity (Wildman–Crippen MR) is 132 cm³/mol. The number of hydrogen-bond acceptors (Lipinski definition) is 4. The quantitative estimate of drug-likeness (QED) is 0.570. The minimum atomic E-state index is 0.340. The maximum atomic E-state index is 9.37. The zero-order chi connectivity index (χ0) is 23.3. The Kier molecular flexibility index (Phi) is 7.71. The molecule has 1 aromatic carbocycles. The highest BCUT2D eigenvalue weighted by molar-refractivity contribution is 6.01. The summed E-state index contributed by atoms with van der Waals surface area (Å²) in [5.41, 5.74) is 4.93. The number of benzene rings is 1. The van der Waals surface area contributed by atoms with Gasteiger partial charge in [0.05, 0.1) is 17.3 Å². The summed E-state index contributed by atoms with van der Waals surface area (Å²) in [5, 5.41) is 9.37. The Bertz CT molecular complexity index is 1000. The fourth-order valence-corrected chi connectivity index (χ4v) is 4.49. The van der Waals surface area contributed by atoms with Crippen LogP contribution < -0.4 is 4.90 Å². The van der Waals surface area contributed by atoms with E-state index in [0.717, 1.165) is 49.6 Å². The van der Waals surface area contributed by atoms with Gasteiger partial charge in [0, 0.05) is 31.2 Å². The van der Waals surface area contributed by atoms with Crippen LogP contribution in [0.4, 0.5) is 5.69 Å². The van der Waals surface area contributed by atoms with Crippen molar-refractivity contribution in [3.63, 3.8) is 0 Å². The lowest BCUT2D eigenvalue weighted by atomic mass is 9.96. The van der Waals surface area contributed by atoms with E-state index in [4.69, 9.17) is 9.73 Å². The molecule has 2 heterocycles. The molecule has 0 spiro atoms. The number of amidine groups is 1. The second-order valence-electron chi connectivity index (χ2n) is 8.46. The number of ether oxygens (including phenoxy) is 1. The van der Waals surface area contributed by atoms with Crippen LogP contribution in [0.1, 0.15) is 51.2 Å². The number of allylic oxidation sites excluding steroid dienone is 3. The summed E-state index contributed by atoms with van der Waals surface area (Å²) < 4.78 is 5.63. The van der Waals surface area contributed by atoms with Crippen molar-refractivity contribution in [2.75, 3.05) is 18.1 Å². The number of aliphatic imine (C=N–C) groups is 1. The molecule has 0 radical (unpaired) electrons. The van der Waals surface area contributed by atoms with E-state index in [1.165, 1.54) is 11.3 Å². The summed E-state index contributed by atoms with van der Waals surface area (Å²) in [6.45, 7) is 18.4. The molecule has 1 unspecified atom stereocenters. The zero-order valence-corrected chi connectivity index (χ0v) is 19.8. The summed E-state index contributed by atoms with van der Waals surface area (Å²) >= 11 is 0. The van der Waals surface area contributed by atoms with E-state index in [0.29, 0.717) is 23.3 Å². The highest BCUT2D eigenvalue weighted by atomic mass is 16.5. The van der Waals surface area contributed by atoms with Crippen molar-refractivity contribution >= 4 is 11.5 Å². The third kappa shape index (κ3) is 4.87. The number of nitriles is 1. The maximum absolute atomic E-state index is 9.37. The van der Waals surface area contributed by atoms with Gasteiger partial charge in [-0.05, 0) is 69.2 Å². The molecule has 3 rings (SSSR count). The van der Waals surface area contributed by atoms with E-state index in [-0.39, 0.29) is 0 Å². The fourth-order valence-electron chi connectivity index (χ4n) is 4.49. The Morgan fingerprint density at radius 3 is 2.66 bits per heavy atom. The molecule has 32 heavy (non-hydrogen) atoms. The third-order valence-electron chi connectivity index (χ3n) is 6.32. The highest BCUT2D eigenvalue weighted by Crippen LogP contribution is 2.32. The molecule has 0 aromatic heterocycles. The molecule has 2 aliphatic rings. The molecule has 1 atom stereocenters. The molecule has 5 nitrogen and oxygen atoms in total. The number of hydrogen-bond donors (Lipinski definition) is 0. The lowest BCUT2D eigenvalue weighted by Gasteiger charge is -2.38. The van der Waals surface area contributed by atoms with Crippen molar-refractivity contribution in [3.8, 4) is 6.07 Å². The normalized spacial score (nSPS) is 22.3. The Labute approximate surface area is 192 Å². The van der Waals surface area contributed by atoms with Gasteiger partial charge < -0.3 is 14.5 Å². The van der Waals surface area contributed by atoms with Gasteiger partial charge in [0.1, 0.15) is 11.7 Å². The Balaban J connectivity index is 2.09. The van der Waals surface area contributed by atoms with Gasteiger partial charge in [-0.3, -0.25) is 0 Å². The Morgan fingerprint density at radius 1 is 1.31 bits per heavy atom. The summed E-state index contributed by atoms with van der Waals surface area (Å²) in [5.74, 6) is 1.88. The average Bonchev–Trinajstić information content (AvgIpc) is 2.91. The van der Waals surface area contributed by atoms with E-state index < -0.39 is 0 Å². The molecule has 2 aliphatic heterocycles. The van der Waals surface area contributed by atoms with Crippen LogP contribution >= 0.6 is 0 Å². The first kappa shape index (κ1) is 23.6. The maximum Gasteiger partial charge on any atom is 0.138 e. The van der Waals surface area contributed by atoms with Crippen LogP contribution in [0.2, 0.25) is 0 Å². The largest absolute Gasteiger partial charge is 0.381 e. The van der Waals surface area contributed by atoms with Crippen LogP contribution in [0.5, 0.6) is 0 Å². The van der Waals surface area contributed by atoms with Crippen molar-refractivity contribution < 1.29 is 4.74 Å². The molecule has 0 N–H and O–H groups in total. The van der Waals surface area contributed by atoms with Crippen LogP contribution in [-0.2, 0) is 4.74 Å². The van der Waals surface area contributed by atoms with Gasteiger partial charge in [0.15, 0.2) is 0 Å². The number of rotatable bonds is 5. The van der Waals surface area contributed by atoms with Crippen LogP contribution in [0.3, 0.4) is 0 Å². The second-order valence-corrected chi connectivity index (χ2v) is 8.46. The van der Waals surface area contributed by atoms with Crippen molar-refractivity contribution in [1.82, 2.24) is 4.90 Å². The van der Waals surface area contributed by atoms with Crippen molar-refractivity contribution in [3.05, 3.63) is 77.9 Å². The monoisotopic (exact) mass is 430 g/mol. The van der Waals surface area contributed by atoms with Crippen LogP contribution in [-0.4, -0.2) is 30.0 Å². The second kappa shape index (κ2) is 10.5. The van der Waals surface area contributed by atoms with E-state index in [2.05, 4.69) is 57.1 Å². The lowest BCUT2D eigenvalue weighted by molar-refractivity contribution is 0.0620. The average molecular weight is 431 g/mol. The molecular formula is C27H34N4O. The third-order valence-corrected chi connectivity index (χ3v) is 6.32. The van der Waals surface area contributed by atoms with Crippen molar-refractivity contribution in [2.45, 2.75) is 53.0 Å². The fraction of sp³-hybridized carbons (Fsp3) is 0.407. The standard InChI is InChI=1S/C27H34N4O/c1-7-25-19(3)9-11-21(5)31(24-13-15-32-16-14-24)27(25)29-22(6)30(8-2)26-17-23(18-28)12-10-20(26)4/h7-8,10-12,17,19,24H,2,6,9,13-16H2,1,3-5H3/b25-7-,29-27+. The summed E-state index contributed by atoms with van der Waals surface area (Å²) in [7, 11) is 0. The summed E-state index contributed by atoms with van der Waals surface area (Å²) in [6.07, 6.45) is 9.13. The van der Waals surface area contributed by atoms with Crippen LogP contribution in [0.15, 0.2) is 71.8 Å². The Morgan fingerprint density at radius 2 is 2.03 bits per heavy atom. The number of nitrogens with zero attached hydrogens (tertiary/aromatic N) is 4. The van der Waals surface area contributed by atoms with Crippen molar-refractivity contribution in [1.29, 1.82) is 5.26 Å².